The Balaban J connectivity index is 1.17. The molecule has 6 rings (SSSR count). The maximum atomic E-state index is 14.2. The number of aromatic nitrogens is 3. The average molecular weight is 664 g/mol. The number of aliphatic hydroxyl groups excluding tert-OH is 1. The summed E-state index contributed by atoms with van der Waals surface area (Å²) in [5.41, 5.74) is 2.71. The number of hydrogen-bond donors (Lipinski definition) is 2. The number of allylic oxidation sites excluding steroid dienone is 1. The van der Waals surface area contributed by atoms with E-state index in [0.717, 1.165) is 42.5 Å². The van der Waals surface area contributed by atoms with Gasteiger partial charge in [-0.25, -0.2) is 0 Å². The highest BCUT2D eigenvalue weighted by Gasteiger charge is 2.52. The molecule has 1 fully saturated rings. The number of ether oxygens (including phenoxy) is 1. The van der Waals surface area contributed by atoms with Crippen molar-refractivity contribution in [3.63, 3.8) is 0 Å². The van der Waals surface area contributed by atoms with Crippen LogP contribution in [-0.2, 0) is 28.3 Å². The fourth-order valence-electron chi connectivity index (χ4n) is 6.93. The predicted molar refractivity (Wildman–Crippen MR) is 188 cm³/mol. The lowest BCUT2D eigenvalue weighted by Crippen LogP contribution is -2.44. The number of nitrogens with zero attached hydrogens (tertiary/aromatic N) is 5. The zero-order chi connectivity index (χ0) is 34.4. The van der Waals surface area contributed by atoms with E-state index in [4.69, 9.17) is 4.74 Å². The van der Waals surface area contributed by atoms with E-state index in [1.807, 2.05) is 90.8 Å². The van der Waals surface area contributed by atoms with Crippen LogP contribution in [0.25, 0.3) is 0 Å². The molecule has 2 N–H and O–H groups in total. The highest BCUT2D eigenvalue weighted by atomic mass is 16.5. The molecule has 256 valence electrons. The normalized spacial score (nSPS) is 19.5. The Labute approximate surface area is 287 Å². The van der Waals surface area contributed by atoms with Gasteiger partial charge in [-0.1, -0.05) is 79.6 Å². The number of hydrogen-bond acceptors (Lipinski definition) is 7. The summed E-state index contributed by atoms with van der Waals surface area (Å²) in [4.78, 5) is 30.6. The monoisotopic (exact) mass is 663 g/mol. The summed E-state index contributed by atoms with van der Waals surface area (Å²) in [5.74, 6) is -0.523. The minimum absolute atomic E-state index is 0.0699. The molecule has 2 aliphatic heterocycles. The van der Waals surface area contributed by atoms with E-state index < -0.39 is 17.4 Å². The first-order valence-electron chi connectivity index (χ1n) is 17.2. The Hall–Kier alpha value is -4.80. The van der Waals surface area contributed by atoms with Crippen LogP contribution < -0.4 is 14.5 Å². The number of carbonyl (C=O) groups is 2. The maximum Gasteiger partial charge on any atom is 0.264 e. The summed E-state index contributed by atoms with van der Waals surface area (Å²) in [5, 5.41) is 30.8. The van der Waals surface area contributed by atoms with Crippen molar-refractivity contribution in [3.05, 3.63) is 114 Å². The van der Waals surface area contributed by atoms with Gasteiger partial charge in [0.15, 0.2) is 5.60 Å². The fourth-order valence-corrected chi connectivity index (χ4v) is 6.93. The highest BCUT2D eigenvalue weighted by Crippen LogP contribution is 2.47. The Kier molecular flexibility index (Phi) is 10.6. The largest absolute Gasteiger partial charge is 0.497 e. The topological polar surface area (TPSA) is 121 Å². The lowest BCUT2D eigenvalue weighted by Gasteiger charge is -2.28. The molecule has 1 unspecified atom stereocenters. The van der Waals surface area contributed by atoms with E-state index in [-0.39, 0.29) is 25.0 Å². The second-order valence-corrected chi connectivity index (χ2v) is 13.0. The van der Waals surface area contributed by atoms with Gasteiger partial charge in [-0.3, -0.25) is 14.3 Å². The summed E-state index contributed by atoms with van der Waals surface area (Å²) in [6, 6.07) is 22.9. The smallest absolute Gasteiger partial charge is 0.264 e. The molecule has 10 heteroatoms. The van der Waals surface area contributed by atoms with Crippen molar-refractivity contribution < 1.29 is 24.5 Å². The minimum atomic E-state index is -1.80. The van der Waals surface area contributed by atoms with Gasteiger partial charge in [-0.2, -0.15) is 0 Å². The van der Waals surface area contributed by atoms with Crippen LogP contribution in [0.2, 0.25) is 0 Å². The first-order chi connectivity index (χ1) is 23.8. The Morgan fingerprint density at radius 1 is 1.00 bits per heavy atom. The first-order valence-corrected chi connectivity index (χ1v) is 17.2. The quantitative estimate of drug-likeness (QED) is 0.186. The maximum absolute atomic E-state index is 14.2. The van der Waals surface area contributed by atoms with Gasteiger partial charge < -0.3 is 24.7 Å². The van der Waals surface area contributed by atoms with Gasteiger partial charge in [0, 0.05) is 42.9 Å². The molecule has 2 aliphatic rings. The van der Waals surface area contributed by atoms with Gasteiger partial charge in [-0.15, -0.1) is 5.10 Å². The zero-order valence-electron chi connectivity index (χ0n) is 28.2. The van der Waals surface area contributed by atoms with Gasteiger partial charge in [0.1, 0.15) is 5.75 Å². The summed E-state index contributed by atoms with van der Waals surface area (Å²) < 4.78 is 7.23. The summed E-state index contributed by atoms with van der Waals surface area (Å²) in [6.07, 6.45) is 10.9. The number of aliphatic hydroxyl groups is 2. The summed E-state index contributed by atoms with van der Waals surface area (Å²) in [6.45, 7) is 3.25. The molecule has 3 heterocycles. The number of rotatable bonds is 12. The number of fused-ring (bicyclic) bond motifs is 1. The number of anilines is 2. The molecule has 0 radical (unpaired) electrons. The van der Waals surface area contributed by atoms with Crippen molar-refractivity contribution in [2.45, 2.75) is 70.1 Å². The fraction of sp³-hybridized carbons (Fsp3) is 0.385. The third-order valence-electron chi connectivity index (χ3n) is 9.77. The molecular formula is C39H45N5O5. The summed E-state index contributed by atoms with van der Waals surface area (Å²) in [7, 11) is 1.56. The lowest BCUT2D eigenvalue weighted by molar-refractivity contribution is -0.139. The van der Waals surface area contributed by atoms with E-state index in [9.17, 15) is 19.8 Å². The molecule has 0 spiro atoms. The number of aryl methyl sites for hydroxylation is 1. The number of carbonyl (C=O) groups excluding carboxylic acids is 2. The second kappa shape index (κ2) is 15.2. The molecule has 0 aliphatic carbocycles. The predicted octanol–water partition coefficient (Wildman–Crippen LogP) is 5.73. The Bertz CT molecular complexity index is 1790. The van der Waals surface area contributed by atoms with Crippen LogP contribution in [0, 0.1) is 5.92 Å². The van der Waals surface area contributed by atoms with Crippen LogP contribution in [-0.4, -0.2) is 57.3 Å². The third-order valence-corrected chi connectivity index (χ3v) is 9.77. The molecule has 49 heavy (non-hydrogen) atoms. The average Bonchev–Trinajstić information content (AvgIpc) is 3.66. The molecule has 0 bridgehead atoms. The number of methoxy groups -OCH3 is 1. The van der Waals surface area contributed by atoms with Gasteiger partial charge >= 0.3 is 0 Å². The molecule has 4 aromatic rings. The zero-order valence-corrected chi connectivity index (χ0v) is 28.2. The molecule has 2 amide bonds. The van der Waals surface area contributed by atoms with E-state index in [2.05, 4.69) is 10.3 Å². The molecule has 1 aromatic heterocycles. The Morgan fingerprint density at radius 2 is 1.82 bits per heavy atom. The van der Waals surface area contributed by atoms with Crippen molar-refractivity contribution in [1.29, 1.82) is 0 Å². The number of amides is 2. The van der Waals surface area contributed by atoms with Crippen LogP contribution in [0.4, 0.5) is 11.4 Å². The minimum Gasteiger partial charge on any atom is -0.497 e. The molecular weight excluding hydrogens is 618 g/mol. The first kappa shape index (κ1) is 34.1. The molecule has 3 aromatic carbocycles. The van der Waals surface area contributed by atoms with Crippen LogP contribution in [0.1, 0.15) is 73.8 Å². The van der Waals surface area contributed by atoms with Crippen LogP contribution in [0.15, 0.2) is 91.1 Å². The standard InChI is InChI=1S/C39H45N5O5/c1-28(13-9-11-21-42-26-35(40-41-42)33(27-45)30-15-6-5-7-16-30)39(48)34-24-32(49-2)19-20-36(34)44(38(39)47)25-29-14-12-17-31(23-29)43-22-10-4-3-8-18-37(43)46/h5-7,9,12-17,19-20,23-24,26,28,33,45,48H,3-4,8,10-11,18,21-22,25,27H2,1-2H3/b13-9+/t28-,33?,39+/m1/s1. The summed E-state index contributed by atoms with van der Waals surface area (Å²) >= 11 is 0. The van der Waals surface area contributed by atoms with E-state index in [0.29, 0.717) is 48.6 Å². The van der Waals surface area contributed by atoms with E-state index in [1.165, 1.54) is 0 Å². The number of benzene rings is 3. The van der Waals surface area contributed by atoms with Gasteiger partial charge in [-0.05, 0) is 60.7 Å². The van der Waals surface area contributed by atoms with Crippen molar-refractivity contribution in [1.82, 2.24) is 15.0 Å². The SMILES string of the molecule is COc1ccc2c(c1)[C@@](O)([C@H](C)/C=C/CCn1cc(C(CO)c3ccccc3)nn1)C(=O)N2Cc1cccc(N2CCCCCCC2=O)c1. The molecule has 0 saturated carbocycles. The highest BCUT2D eigenvalue weighted by molar-refractivity contribution is 6.07. The van der Waals surface area contributed by atoms with Crippen LogP contribution >= 0.6 is 0 Å². The van der Waals surface area contributed by atoms with Crippen molar-refractivity contribution >= 4 is 23.2 Å². The third kappa shape index (κ3) is 7.16. The van der Waals surface area contributed by atoms with Gasteiger partial charge in [0.25, 0.3) is 5.91 Å². The van der Waals surface area contributed by atoms with Gasteiger partial charge in [0.2, 0.25) is 5.91 Å². The van der Waals surface area contributed by atoms with Crippen molar-refractivity contribution in [2.24, 2.45) is 5.92 Å². The lowest BCUT2D eigenvalue weighted by atomic mass is 9.83. The Morgan fingerprint density at radius 3 is 2.61 bits per heavy atom. The van der Waals surface area contributed by atoms with Gasteiger partial charge in [0.05, 0.1) is 37.6 Å². The second-order valence-electron chi connectivity index (χ2n) is 13.0. The molecule has 10 nitrogen and oxygen atoms in total. The van der Waals surface area contributed by atoms with Crippen molar-refractivity contribution in [2.75, 3.05) is 30.1 Å². The van der Waals surface area contributed by atoms with Crippen LogP contribution in [0.5, 0.6) is 5.75 Å². The van der Waals surface area contributed by atoms with E-state index in [1.54, 1.807) is 28.8 Å². The molecule has 1 saturated heterocycles. The van der Waals surface area contributed by atoms with E-state index >= 15 is 0 Å². The van der Waals surface area contributed by atoms with Crippen LogP contribution in [0.3, 0.4) is 0 Å². The van der Waals surface area contributed by atoms with Crippen molar-refractivity contribution in [3.8, 4) is 5.75 Å². The molecule has 3 atom stereocenters.